The second kappa shape index (κ2) is 8.73. The maximum atomic E-state index is 4.84. The zero-order valence-electron chi connectivity index (χ0n) is 19.2. The van der Waals surface area contributed by atoms with Crippen LogP contribution in [0.15, 0.2) is 60.5 Å². The number of hydrogen-bond donors (Lipinski definition) is 3. The van der Waals surface area contributed by atoms with Crippen LogP contribution in [-0.4, -0.2) is 38.6 Å². The molecule has 4 aromatic rings. The number of thiazole rings is 1. The number of nitrogens with one attached hydrogen (secondary N) is 3. The van der Waals surface area contributed by atoms with Crippen molar-refractivity contribution in [2.45, 2.75) is 38.3 Å². The Bertz CT molecular complexity index is 1390. The van der Waals surface area contributed by atoms with E-state index in [4.69, 9.17) is 4.98 Å². The number of hydrazone groups is 1. The van der Waals surface area contributed by atoms with Crippen molar-refractivity contribution in [2.75, 3.05) is 12.4 Å². The highest BCUT2D eigenvalue weighted by Crippen LogP contribution is 2.32. The van der Waals surface area contributed by atoms with Gasteiger partial charge < -0.3 is 9.88 Å². The molecule has 0 spiro atoms. The summed E-state index contributed by atoms with van der Waals surface area (Å²) in [6.45, 7) is 4.80. The number of imidazole rings is 1. The third-order valence-electron chi connectivity index (χ3n) is 6.72. The minimum Gasteiger partial charge on any atom is -0.358 e. The lowest BCUT2D eigenvalue weighted by molar-refractivity contribution is 0.232. The van der Waals surface area contributed by atoms with Crippen molar-refractivity contribution in [1.82, 2.24) is 30.6 Å². The number of benzene rings is 2. The van der Waals surface area contributed by atoms with Gasteiger partial charge in [-0.15, -0.1) is 16.8 Å². The van der Waals surface area contributed by atoms with Crippen molar-refractivity contribution in [2.24, 2.45) is 11.0 Å². The Balaban J connectivity index is 1.21. The molecular weight excluding hydrogens is 444 g/mol. The van der Waals surface area contributed by atoms with Crippen LogP contribution < -0.4 is 16.3 Å². The normalized spacial score (nSPS) is 20.8. The number of nitrogens with zero attached hydrogens (tertiary/aromatic N) is 5. The van der Waals surface area contributed by atoms with Gasteiger partial charge in [0.2, 0.25) is 0 Å². The summed E-state index contributed by atoms with van der Waals surface area (Å²) >= 11 is 1.74. The van der Waals surface area contributed by atoms with Gasteiger partial charge in [-0.25, -0.2) is 15.5 Å². The first-order valence-electron chi connectivity index (χ1n) is 11.7. The van der Waals surface area contributed by atoms with Crippen molar-refractivity contribution in [1.29, 1.82) is 0 Å². The Morgan fingerprint density at radius 3 is 2.94 bits per heavy atom. The minimum atomic E-state index is 0.440. The van der Waals surface area contributed by atoms with Crippen LogP contribution in [0.5, 0.6) is 0 Å². The largest absolute Gasteiger partial charge is 0.358 e. The Kier molecular flexibility index (Phi) is 5.43. The molecule has 6 rings (SSSR count). The molecule has 3 heterocycles. The molecule has 0 saturated heterocycles. The fourth-order valence-corrected chi connectivity index (χ4v) is 5.90. The number of fused-ring (bicyclic) bond motifs is 2. The highest BCUT2D eigenvalue weighted by molar-refractivity contribution is 7.22. The third-order valence-corrected chi connectivity index (χ3v) is 7.67. The van der Waals surface area contributed by atoms with Crippen LogP contribution in [0, 0.1) is 5.92 Å². The minimum absolute atomic E-state index is 0.440. The molecule has 3 N–H and O–H groups in total. The molecule has 1 fully saturated rings. The van der Waals surface area contributed by atoms with Crippen LogP contribution in [-0.2, 0) is 6.54 Å². The van der Waals surface area contributed by atoms with Crippen LogP contribution in [0.3, 0.4) is 0 Å². The van der Waals surface area contributed by atoms with E-state index in [1.165, 1.54) is 35.9 Å². The zero-order valence-corrected chi connectivity index (χ0v) is 20.0. The summed E-state index contributed by atoms with van der Waals surface area (Å²) in [6, 6.07) is 13.2. The van der Waals surface area contributed by atoms with Crippen LogP contribution in [0.1, 0.15) is 36.8 Å². The SMILES string of the molecule is C=C[C@@H]1CCCC[C@H]1Nc1nc2ccc(Cn3cnc4cc(C5=NNN(C)N5)ccc43)cc2s1. The van der Waals surface area contributed by atoms with Gasteiger partial charge in [-0.1, -0.05) is 36.3 Å². The fourth-order valence-electron chi connectivity index (χ4n) is 4.91. The van der Waals surface area contributed by atoms with E-state index in [0.717, 1.165) is 39.6 Å². The lowest BCUT2D eigenvalue weighted by Gasteiger charge is -2.29. The van der Waals surface area contributed by atoms with Gasteiger partial charge in [0.1, 0.15) is 0 Å². The first-order valence-corrected chi connectivity index (χ1v) is 12.6. The van der Waals surface area contributed by atoms with Gasteiger partial charge in [0.05, 0.1) is 27.6 Å². The highest BCUT2D eigenvalue weighted by Gasteiger charge is 2.23. The second-order valence-corrected chi connectivity index (χ2v) is 10.1. The molecular formula is C25H28N8S. The summed E-state index contributed by atoms with van der Waals surface area (Å²) in [5.74, 6) is 1.31. The Hall–Kier alpha value is -3.43. The van der Waals surface area contributed by atoms with E-state index in [-0.39, 0.29) is 0 Å². The number of anilines is 1. The average Bonchev–Trinajstić information content (AvgIpc) is 3.57. The van der Waals surface area contributed by atoms with Crippen molar-refractivity contribution >= 4 is 43.6 Å². The van der Waals surface area contributed by atoms with E-state index < -0.39 is 0 Å². The Labute approximate surface area is 202 Å². The molecule has 2 aliphatic rings. The van der Waals surface area contributed by atoms with E-state index in [9.17, 15) is 0 Å². The van der Waals surface area contributed by atoms with Crippen molar-refractivity contribution in [3.05, 3.63) is 66.5 Å². The number of hydrogen-bond acceptors (Lipinski definition) is 8. The van der Waals surface area contributed by atoms with Gasteiger partial charge in [-0.3, -0.25) is 5.43 Å². The topological polar surface area (TPSA) is 82.4 Å². The molecule has 2 aromatic heterocycles. The molecule has 2 aromatic carbocycles. The summed E-state index contributed by atoms with van der Waals surface area (Å²) in [5.41, 5.74) is 11.4. The van der Waals surface area contributed by atoms with Crippen LogP contribution in [0.2, 0.25) is 0 Å². The smallest absolute Gasteiger partial charge is 0.184 e. The molecule has 0 amide bonds. The van der Waals surface area contributed by atoms with E-state index >= 15 is 0 Å². The summed E-state index contributed by atoms with van der Waals surface area (Å²) in [6.07, 6.45) is 8.98. The standard InChI is InChI=1S/C25H28N8S/c1-3-17-6-4-5-7-19(17)27-25-28-20-10-8-16(12-23(20)34-25)14-33-15-26-21-13-18(9-11-22(21)33)24-29-31-32(2)30-24/h3,8-13,15,17,19,31H,1,4-7,14H2,2H3,(H,27,28)(H,29,30)/t17-,19-/m1/s1. The lowest BCUT2D eigenvalue weighted by atomic mass is 9.85. The first kappa shape index (κ1) is 21.1. The summed E-state index contributed by atoms with van der Waals surface area (Å²) in [7, 11) is 1.87. The Morgan fingerprint density at radius 2 is 2.09 bits per heavy atom. The molecule has 8 nitrogen and oxygen atoms in total. The monoisotopic (exact) mass is 472 g/mol. The molecule has 0 unspecified atom stereocenters. The number of rotatable bonds is 6. The molecule has 174 valence electrons. The zero-order chi connectivity index (χ0) is 23.1. The molecule has 34 heavy (non-hydrogen) atoms. The first-order chi connectivity index (χ1) is 16.7. The van der Waals surface area contributed by atoms with E-state index in [0.29, 0.717) is 12.0 Å². The van der Waals surface area contributed by atoms with Gasteiger partial charge in [-0.2, -0.15) is 0 Å². The highest BCUT2D eigenvalue weighted by atomic mass is 32.1. The molecule has 1 aliphatic carbocycles. The number of aromatic nitrogens is 3. The third kappa shape index (κ3) is 4.01. The summed E-state index contributed by atoms with van der Waals surface area (Å²) in [5, 5.41) is 10.7. The van der Waals surface area contributed by atoms with E-state index in [2.05, 4.69) is 80.0 Å². The quantitative estimate of drug-likeness (QED) is 0.359. The van der Waals surface area contributed by atoms with Gasteiger partial charge in [0.25, 0.3) is 0 Å². The van der Waals surface area contributed by atoms with E-state index in [1.54, 1.807) is 16.5 Å². The second-order valence-electron chi connectivity index (χ2n) is 9.06. The predicted molar refractivity (Wildman–Crippen MR) is 139 cm³/mol. The number of hydrazine groups is 2. The van der Waals surface area contributed by atoms with Crippen LogP contribution in [0.4, 0.5) is 5.13 Å². The Morgan fingerprint density at radius 1 is 1.18 bits per heavy atom. The van der Waals surface area contributed by atoms with Gasteiger partial charge in [0.15, 0.2) is 11.0 Å². The number of amidine groups is 1. The predicted octanol–water partition coefficient (Wildman–Crippen LogP) is 4.47. The fraction of sp³-hybridized carbons (Fsp3) is 0.320. The van der Waals surface area contributed by atoms with Crippen molar-refractivity contribution in [3.8, 4) is 0 Å². The van der Waals surface area contributed by atoms with Crippen LogP contribution >= 0.6 is 11.3 Å². The molecule has 0 bridgehead atoms. The average molecular weight is 473 g/mol. The summed E-state index contributed by atoms with van der Waals surface area (Å²) in [4.78, 5) is 9.48. The molecule has 9 heteroatoms. The maximum Gasteiger partial charge on any atom is 0.184 e. The van der Waals surface area contributed by atoms with Gasteiger partial charge >= 0.3 is 0 Å². The van der Waals surface area contributed by atoms with Crippen LogP contribution in [0.25, 0.3) is 21.3 Å². The molecule has 1 aliphatic heterocycles. The van der Waals surface area contributed by atoms with Gasteiger partial charge in [0, 0.05) is 25.2 Å². The summed E-state index contributed by atoms with van der Waals surface area (Å²) < 4.78 is 3.39. The van der Waals surface area contributed by atoms with Gasteiger partial charge in [-0.05, 0) is 54.7 Å². The maximum absolute atomic E-state index is 4.84. The van der Waals surface area contributed by atoms with E-state index in [1.807, 2.05) is 13.4 Å². The van der Waals surface area contributed by atoms with Crippen molar-refractivity contribution in [3.63, 3.8) is 0 Å². The molecule has 2 atom stereocenters. The molecule has 0 radical (unpaired) electrons. The van der Waals surface area contributed by atoms with Crippen molar-refractivity contribution < 1.29 is 0 Å². The lowest BCUT2D eigenvalue weighted by Crippen LogP contribution is -2.37. The molecule has 1 saturated carbocycles.